The molecule has 1 saturated heterocycles. The van der Waals surface area contributed by atoms with E-state index in [-0.39, 0.29) is 5.01 Å². The van der Waals surface area contributed by atoms with Gasteiger partial charge in [0.15, 0.2) is 5.69 Å². The minimum Gasteiger partial charge on any atom is -0.379 e. The van der Waals surface area contributed by atoms with Gasteiger partial charge in [-0.1, -0.05) is 55.5 Å². The number of aromatic nitrogens is 2. The van der Waals surface area contributed by atoms with Gasteiger partial charge in [-0.3, -0.25) is 19.6 Å². The summed E-state index contributed by atoms with van der Waals surface area (Å²) in [6, 6.07) is 18.5. The molecule has 2 aromatic heterocycles. The van der Waals surface area contributed by atoms with E-state index in [9.17, 15) is 18.0 Å². The van der Waals surface area contributed by atoms with Crippen LogP contribution in [-0.2, 0) is 30.5 Å². The fourth-order valence-corrected chi connectivity index (χ4v) is 6.29. The van der Waals surface area contributed by atoms with Gasteiger partial charge in [-0.15, -0.1) is 11.3 Å². The molecule has 1 aliphatic rings. The summed E-state index contributed by atoms with van der Waals surface area (Å²) in [5.74, 6) is -0.794. The Morgan fingerprint density at radius 1 is 1.05 bits per heavy atom. The highest BCUT2D eigenvalue weighted by molar-refractivity contribution is 7.17. The summed E-state index contributed by atoms with van der Waals surface area (Å²) in [6.45, 7) is 9.54. The van der Waals surface area contributed by atoms with Crippen molar-refractivity contribution in [3.05, 3.63) is 106 Å². The number of thiazole rings is 1. The molecule has 0 radical (unpaired) electrons. The fraction of sp³-hybridized carbons (Fsp3) is 0.364. The van der Waals surface area contributed by atoms with Gasteiger partial charge in [0.05, 0.1) is 19.3 Å². The van der Waals surface area contributed by atoms with Gasteiger partial charge in [0.25, 0.3) is 5.91 Å². The summed E-state index contributed by atoms with van der Waals surface area (Å²) < 4.78 is 48.1. The molecule has 0 bridgehead atoms. The molecule has 0 aliphatic carbocycles. The second-order valence-electron chi connectivity index (χ2n) is 10.8. The van der Waals surface area contributed by atoms with Crippen LogP contribution in [0.25, 0.3) is 10.6 Å². The molecular weight excluding hydrogens is 587 g/mol. The number of ether oxygens (including phenoxy) is 1. The highest BCUT2D eigenvalue weighted by Gasteiger charge is 2.40. The Kier molecular flexibility index (Phi) is 10.4. The van der Waals surface area contributed by atoms with Crippen LogP contribution in [-0.4, -0.2) is 58.5 Å². The number of hydrogen-bond acceptors (Lipinski definition) is 7. The van der Waals surface area contributed by atoms with Crippen LogP contribution < -0.4 is 5.32 Å². The molecule has 4 aromatic rings. The van der Waals surface area contributed by atoms with Crippen molar-refractivity contribution in [2.45, 2.75) is 45.7 Å². The van der Waals surface area contributed by atoms with Gasteiger partial charge in [-0.25, -0.2) is 4.98 Å². The lowest BCUT2D eigenvalue weighted by molar-refractivity contribution is -0.141. The number of rotatable bonds is 11. The second-order valence-corrected chi connectivity index (χ2v) is 11.8. The number of alkyl halides is 3. The predicted octanol–water partition coefficient (Wildman–Crippen LogP) is 6.57. The summed E-state index contributed by atoms with van der Waals surface area (Å²) in [4.78, 5) is 25.5. The molecule has 44 heavy (non-hydrogen) atoms. The zero-order valence-corrected chi connectivity index (χ0v) is 25.6. The molecule has 5 rings (SSSR count). The molecule has 1 aliphatic heterocycles. The minimum absolute atomic E-state index is 0.165. The van der Waals surface area contributed by atoms with Gasteiger partial charge in [0, 0.05) is 50.7 Å². The summed E-state index contributed by atoms with van der Waals surface area (Å²) >= 11 is 0.776. The van der Waals surface area contributed by atoms with E-state index in [1.165, 1.54) is 0 Å². The van der Waals surface area contributed by atoms with Crippen LogP contribution >= 0.6 is 11.3 Å². The van der Waals surface area contributed by atoms with Crippen LogP contribution in [0.4, 0.5) is 13.2 Å². The highest BCUT2D eigenvalue weighted by atomic mass is 32.1. The van der Waals surface area contributed by atoms with Crippen molar-refractivity contribution in [2.75, 3.05) is 32.8 Å². The molecule has 2 aromatic carbocycles. The fourth-order valence-electron chi connectivity index (χ4n) is 5.24. The molecule has 3 heterocycles. The Labute approximate surface area is 259 Å². The van der Waals surface area contributed by atoms with Crippen molar-refractivity contribution in [2.24, 2.45) is 0 Å². The predicted molar refractivity (Wildman–Crippen MR) is 165 cm³/mol. The average molecular weight is 624 g/mol. The molecular formula is C33H36F3N5O2S. The van der Waals surface area contributed by atoms with Crippen molar-refractivity contribution >= 4 is 17.2 Å². The summed E-state index contributed by atoms with van der Waals surface area (Å²) in [6.07, 6.45) is -1.31. The number of carbonyl (C=O) groups is 1. The molecule has 11 heteroatoms. The molecule has 232 valence electrons. The van der Waals surface area contributed by atoms with E-state index in [1.807, 2.05) is 55.5 Å². The van der Waals surface area contributed by atoms with E-state index in [1.54, 1.807) is 31.5 Å². The first-order chi connectivity index (χ1) is 21.2. The van der Waals surface area contributed by atoms with Gasteiger partial charge in [-0.05, 0) is 47.9 Å². The van der Waals surface area contributed by atoms with E-state index in [4.69, 9.17) is 4.74 Å². The third kappa shape index (κ3) is 8.09. The van der Waals surface area contributed by atoms with E-state index >= 15 is 0 Å². The van der Waals surface area contributed by atoms with Crippen LogP contribution in [0, 0.1) is 0 Å². The largest absolute Gasteiger partial charge is 0.435 e. The number of nitrogens with zero attached hydrogens (tertiary/aromatic N) is 4. The molecule has 0 spiro atoms. The topological polar surface area (TPSA) is 70.6 Å². The third-order valence-corrected chi connectivity index (χ3v) is 8.74. The standard InChI is InChI=1S/C33H36F3N5O2S/c1-3-40(20-24-11-13-37-14-12-24)22-27-8-4-5-10-28(27)32-39-30(33(34,35)36)29(44-32)31(42)38-23(2)26-9-6-7-25(19-26)21-41-15-17-43-18-16-41/h4-14,19,23H,3,15-18,20-22H2,1-2H3,(H,38,42). The highest BCUT2D eigenvalue weighted by Crippen LogP contribution is 2.39. The van der Waals surface area contributed by atoms with E-state index < -0.39 is 28.7 Å². The Morgan fingerprint density at radius 2 is 1.80 bits per heavy atom. The number of nitrogens with one attached hydrogen (secondary N) is 1. The maximum atomic E-state index is 14.2. The Bertz CT molecular complexity index is 1540. The number of pyridine rings is 1. The Morgan fingerprint density at radius 3 is 2.52 bits per heavy atom. The molecule has 1 fully saturated rings. The van der Waals surface area contributed by atoms with Crippen molar-refractivity contribution in [1.29, 1.82) is 0 Å². The first-order valence-electron chi connectivity index (χ1n) is 14.7. The number of amides is 1. The van der Waals surface area contributed by atoms with Crippen LogP contribution in [0.2, 0.25) is 0 Å². The maximum absolute atomic E-state index is 14.2. The van der Waals surface area contributed by atoms with Gasteiger partial charge in [-0.2, -0.15) is 13.2 Å². The van der Waals surface area contributed by atoms with Crippen LogP contribution in [0.15, 0.2) is 73.1 Å². The number of carbonyl (C=O) groups excluding carboxylic acids is 1. The molecule has 1 atom stereocenters. The van der Waals surface area contributed by atoms with E-state index in [0.717, 1.165) is 59.8 Å². The summed E-state index contributed by atoms with van der Waals surface area (Å²) in [5.41, 5.74) is 3.24. The van der Waals surface area contributed by atoms with Crippen molar-refractivity contribution in [3.8, 4) is 10.6 Å². The van der Waals surface area contributed by atoms with Gasteiger partial charge >= 0.3 is 6.18 Å². The Hall–Kier alpha value is -3.64. The van der Waals surface area contributed by atoms with Crippen molar-refractivity contribution in [1.82, 2.24) is 25.1 Å². The zero-order chi connectivity index (χ0) is 31.1. The SMILES string of the molecule is CCN(Cc1ccncc1)Cc1ccccc1-c1nc(C(F)(F)F)c(C(=O)NC(C)c2cccc(CN3CCOCC3)c2)s1. The Balaban J connectivity index is 1.36. The molecule has 1 amide bonds. The molecule has 0 saturated carbocycles. The quantitative estimate of drug-likeness (QED) is 0.204. The lowest BCUT2D eigenvalue weighted by atomic mass is 10.0. The van der Waals surface area contributed by atoms with Gasteiger partial charge < -0.3 is 10.1 Å². The lowest BCUT2D eigenvalue weighted by Gasteiger charge is -2.27. The first-order valence-corrected chi connectivity index (χ1v) is 15.5. The minimum atomic E-state index is -4.78. The van der Waals surface area contributed by atoms with Gasteiger partial charge in [0.2, 0.25) is 0 Å². The monoisotopic (exact) mass is 623 g/mol. The molecule has 1 unspecified atom stereocenters. The van der Waals surface area contributed by atoms with Crippen molar-refractivity contribution in [3.63, 3.8) is 0 Å². The number of benzene rings is 2. The third-order valence-electron chi connectivity index (χ3n) is 7.65. The van der Waals surface area contributed by atoms with Crippen LogP contribution in [0.1, 0.15) is 57.5 Å². The lowest BCUT2D eigenvalue weighted by Crippen LogP contribution is -2.35. The van der Waals surface area contributed by atoms with Crippen LogP contribution in [0.5, 0.6) is 0 Å². The first kappa shape index (κ1) is 31.8. The number of hydrogen-bond donors (Lipinski definition) is 1. The average Bonchev–Trinajstić information content (AvgIpc) is 3.49. The van der Waals surface area contributed by atoms with Gasteiger partial charge in [0.1, 0.15) is 9.88 Å². The molecule has 7 nitrogen and oxygen atoms in total. The maximum Gasteiger partial charge on any atom is 0.435 e. The summed E-state index contributed by atoms with van der Waals surface area (Å²) in [5, 5.41) is 2.95. The van der Waals surface area contributed by atoms with Crippen LogP contribution in [0.3, 0.4) is 0 Å². The molecule has 1 N–H and O–H groups in total. The van der Waals surface area contributed by atoms with Crippen molar-refractivity contribution < 1.29 is 22.7 Å². The summed E-state index contributed by atoms with van der Waals surface area (Å²) in [7, 11) is 0. The van der Waals surface area contributed by atoms with E-state index in [2.05, 4.69) is 25.1 Å². The zero-order valence-electron chi connectivity index (χ0n) is 24.8. The number of halogens is 3. The normalized spacial score (nSPS) is 15.0. The second kappa shape index (κ2) is 14.4. The smallest absolute Gasteiger partial charge is 0.379 e. The number of morpholine rings is 1. The van der Waals surface area contributed by atoms with E-state index in [0.29, 0.717) is 31.9 Å².